The number of amides is 1. The highest BCUT2D eigenvalue weighted by Gasteiger charge is 2.25. The molecule has 1 aliphatic carbocycles. The molecular weight excluding hydrogens is 250 g/mol. The smallest absolute Gasteiger partial charge is 0.239 e. The van der Waals surface area contributed by atoms with E-state index in [2.05, 4.69) is 10.3 Å². The fraction of sp³-hybridized carbons (Fsp3) is 0.375. The number of benzene rings is 1. The van der Waals surface area contributed by atoms with E-state index in [1.807, 2.05) is 30.5 Å². The Labute approximate surface area is 118 Å². The first kappa shape index (κ1) is 13.1. The third-order valence-corrected chi connectivity index (χ3v) is 4.05. The van der Waals surface area contributed by atoms with Gasteiger partial charge in [-0.05, 0) is 18.2 Å². The SMILES string of the molecule is NC(=O)C(NC1CCCC1)c1cncc2ccccc12. The lowest BCUT2D eigenvalue weighted by Crippen LogP contribution is -2.39. The number of hydrogen-bond donors (Lipinski definition) is 2. The first-order valence-corrected chi connectivity index (χ1v) is 7.14. The molecule has 1 saturated carbocycles. The van der Waals surface area contributed by atoms with Gasteiger partial charge in [-0.3, -0.25) is 15.1 Å². The van der Waals surface area contributed by atoms with Gasteiger partial charge in [0.15, 0.2) is 0 Å². The zero-order chi connectivity index (χ0) is 13.9. The zero-order valence-corrected chi connectivity index (χ0v) is 11.4. The standard InChI is InChI=1S/C16H19N3O/c17-16(20)15(19-12-6-2-3-7-12)14-10-18-9-11-5-1-4-8-13(11)14/h1,4-5,8-10,12,15,19H,2-3,6-7H2,(H2,17,20). The van der Waals surface area contributed by atoms with Gasteiger partial charge in [0.2, 0.25) is 5.91 Å². The molecule has 104 valence electrons. The lowest BCUT2D eigenvalue weighted by Gasteiger charge is -2.21. The molecule has 2 aromatic rings. The van der Waals surface area contributed by atoms with Gasteiger partial charge in [0.25, 0.3) is 0 Å². The zero-order valence-electron chi connectivity index (χ0n) is 11.4. The van der Waals surface area contributed by atoms with E-state index in [4.69, 9.17) is 5.73 Å². The van der Waals surface area contributed by atoms with E-state index in [-0.39, 0.29) is 5.91 Å². The van der Waals surface area contributed by atoms with Crippen LogP contribution in [0, 0.1) is 0 Å². The van der Waals surface area contributed by atoms with E-state index >= 15 is 0 Å². The molecule has 1 aromatic heterocycles. The van der Waals surface area contributed by atoms with Crippen molar-refractivity contribution in [2.24, 2.45) is 5.73 Å². The molecule has 1 atom stereocenters. The molecule has 1 amide bonds. The summed E-state index contributed by atoms with van der Waals surface area (Å²) in [6.07, 6.45) is 8.23. The van der Waals surface area contributed by atoms with Crippen LogP contribution in [0.4, 0.5) is 0 Å². The maximum atomic E-state index is 11.9. The summed E-state index contributed by atoms with van der Waals surface area (Å²) in [5.41, 5.74) is 6.49. The van der Waals surface area contributed by atoms with E-state index < -0.39 is 6.04 Å². The second-order valence-corrected chi connectivity index (χ2v) is 5.43. The minimum absolute atomic E-state index is 0.338. The number of nitrogens with one attached hydrogen (secondary N) is 1. The quantitative estimate of drug-likeness (QED) is 0.895. The number of aromatic nitrogens is 1. The Hall–Kier alpha value is -1.94. The summed E-state index contributed by atoms with van der Waals surface area (Å²) >= 11 is 0. The highest BCUT2D eigenvalue weighted by atomic mass is 16.1. The highest BCUT2D eigenvalue weighted by Crippen LogP contribution is 2.26. The summed E-state index contributed by atoms with van der Waals surface area (Å²) in [6, 6.07) is 7.87. The van der Waals surface area contributed by atoms with Crippen LogP contribution in [0.3, 0.4) is 0 Å². The Kier molecular flexibility index (Phi) is 3.65. The van der Waals surface area contributed by atoms with Crippen molar-refractivity contribution in [3.8, 4) is 0 Å². The number of nitrogens with two attached hydrogens (primary N) is 1. The predicted molar refractivity (Wildman–Crippen MR) is 79.1 cm³/mol. The van der Waals surface area contributed by atoms with Gasteiger partial charge in [0.05, 0.1) is 0 Å². The third-order valence-electron chi connectivity index (χ3n) is 4.05. The van der Waals surface area contributed by atoms with Crippen LogP contribution >= 0.6 is 0 Å². The highest BCUT2D eigenvalue weighted by molar-refractivity contribution is 5.91. The minimum atomic E-state index is -0.461. The van der Waals surface area contributed by atoms with Crippen LogP contribution in [0.1, 0.15) is 37.3 Å². The van der Waals surface area contributed by atoms with Crippen LogP contribution in [0.2, 0.25) is 0 Å². The minimum Gasteiger partial charge on any atom is -0.368 e. The van der Waals surface area contributed by atoms with Crippen LogP contribution in [0.15, 0.2) is 36.7 Å². The summed E-state index contributed by atoms with van der Waals surface area (Å²) < 4.78 is 0. The Morgan fingerprint density at radius 2 is 2.00 bits per heavy atom. The van der Waals surface area contributed by atoms with Gasteiger partial charge in [0.1, 0.15) is 6.04 Å². The summed E-state index contributed by atoms with van der Waals surface area (Å²) in [4.78, 5) is 16.1. The number of hydrogen-bond acceptors (Lipinski definition) is 3. The molecule has 0 bridgehead atoms. The van der Waals surface area contributed by atoms with Crippen molar-refractivity contribution in [3.63, 3.8) is 0 Å². The number of primary amides is 1. The topological polar surface area (TPSA) is 68.0 Å². The maximum Gasteiger partial charge on any atom is 0.239 e. The number of carbonyl (C=O) groups is 1. The number of carbonyl (C=O) groups excluding carboxylic acids is 1. The van der Waals surface area contributed by atoms with Crippen molar-refractivity contribution < 1.29 is 4.79 Å². The van der Waals surface area contributed by atoms with Crippen LogP contribution < -0.4 is 11.1 Å². The summed E-state index contributed by atoms with van der Waals surface area (Å²) in [7, 11) is 0. The maximum absolute atomic E-state index is 11.9. The van der Waals surface area contributed by atoms with Crippen LogP contribution in [0.5, 0.6) is 0 Å². The van der Waals surface area contributed by atoms with Gasteiger partial charge < -0.3 is 5.73 Å². The van der Waals surface area contributed by atoms with E-state index in [0.29, 0.717) is 6.04 Å². The predicted octanol–water partition coefficient (Wildman–Crippen LogP) is 2.29. The molecule has 0 spiro atoms. The summed E-state index contributed by atoms with van der Waals surface area (Å²) in [5, 5.41) is 5.48. The van der Waals surface area contributed by atoms with Crippen molar-refractivity contribution in [2.75, 3.05) is 0 Å². The normalized spacial score (nSPS) is 17.4. The number of pyridine rings is 1. The van der Waals surface area contributed by atoms with Gasteiger partial charge in [-0.2, -0.15) is 0 Å². The Morgan fingerprint density at radius 3 is 2.75 bits per heavy atom. The molecular formula is C16H19N3O. The number of nitrogens with zero attached hydrogens (tertiary/aromatic N) is 1. The van der Waals surface area contributed by atoms with Crippen LogP contribution in [0.25, 0.3) is 10.8 Å². The molecule has 1 unspecified atom stereocenters. The third kappa shape index (κ3) is 2.51. The molecule has 20 heavy (non-hydrogen) atoms. The summed E-state index contributed by atoms with van der Waals surface area (Å²) in [5.74, 6) is -0.338. The van der Waals surface area contributed by atoms with Crippen LogP contribution in [-0.4, -0.2) is 16.9 Å². The Bertz CT molecular complexity index is 615. The second kappa shape index (κ2) is 5.59. The molecule has 3 N–H and O–H groups in total. The molecule has 0 saturated heterocycles. The molecule has 1 fully saturated rings. The van der Waals surface area contributed by atoms with E-state index in [1.165, 1.54) is 12.8 Å². The largest absolute Gasteiger partial charge is 0.368 e. The van der Waals surface area contributed by atoms with Crippen LogP contribution in [-0.2, 0) is 4.79 Å². The van der Waals surface area contributed by atoms with Crippen molar-refractivity contribution >= 4 is 16.7 Å². The molecule has 0 radical (unpaired) electrons. The average Bonchev–Trinajstić information content (AvgIpc) is 2.97. The molecule has 3 rings (SSSR count). The van der Waals surface area contributed by atoms with Gasteiger partial charge in [0, 0.05) is 29.4 Å². The molecule has 1 heterocycles. The molecule has 1 aromatic carbocycles. The first-order valence-electron chi connectivity index (χ1n) is 7.14. The monoisotopic (exact) mass is 269 g/mol. The van der Waals surface area contributed by atoms with Gasteiger partial charge in [-0.15, -0.1) is 0 Å². The van der Waals surface area contributed by atoms with E-state index in [0.717, 1.165) is 29.2 Å². The molecule has 4 nitrogen and oxygen atoms in total. The van der Waals surface area contributed by atoms with Crippen molar-refractivity contribution in [1.29, 1.82) is 0 Å². The lowest BCUT2D eigenvalue weighted by molar-refractivity contribution is -0.120. The lowest BCUT2D eigenvalue weighted by atomic mass is 10.00. The molecule has 0 aliphatic heterocycles. The van der Waals surface area contributed by atoms with Gasteiger partial charge in [-0.1, -0.05) is 37.1 Å². The molecule has 4 heteroatoms. The van der Waals surface area contributed by atoms with Gasteiger partial charge >= 0.3 is 0 Å². The van der Waals surface area contributed by atoms with Crippen molar-refractivity contribution in [2.45, 2.75) is 37.8 Å². The second-order valence-electron chi connectivity index (χ2n) is 5.43. The first-order chi connectivity index (χ1) is 9.75. The average molecular weight is 269 g/mol. The molecule has 1 aliphatic rings. The Balaban J connectivity index is 1.98. The number of rotatable bonds is 4. The Morgan fingerprint density at radius 1 is 1.25 bits per heavy atom. The van der Waals surface area contributed by atoms with Crippen molar-refractivity contribution in [3.05, 3.63) is 42.2 Å². The van der Waals surface area contributed by atoms with Gasteiger partial charge in [-0.25, -0.2) is 0 Å². The van der Waals surface area contributed by atoms with E-state index in [1.54, 1.807) is 6.20 Å². The fourth-order valence-electron chi connectivity index (χ4n) is 3.02. The summed E-state index contributed by atoms with van der Waals surface area (Å²) in [6.45, 7) is 0. The van der Waals surface area contributed by atoms with Crippen molar-refractivity contribution in [1.82, 2.24) is 10.3 Å². The van der Waals surface area contributed by atoms with E-state index in [9.17, 15) is 4.79 Å². The fourth-order valence-corrected chi connectivity index (χ4v) is 3.02. The number of fused-ring (bicyclic) bond motifs is 1.